The number of carbonyl (C=O) groups excluding carboxylic acids is 3. The van der Waals surface area contributed by atoms with E-state index < -0.39 is 11.2 Å². The first-order valence-electron chi connectivity index (χ1n) is 10.9. The maximum absolute atomic E-state index is 11.8. The number of rotatable bonds is 2. The van der Waals surface area contributed by atoms with E-state index in [1.807, 2.05) is 41.5 Å². The van der Waals surface area contributed by atoms with Crippen molar-refractivity contribution in [2.75, 3.05) is 19.7 Å². The van der Waals surface area contributed by atoms with Gasteiger partial charge in [-0.05, 0) is 80.1 Å². The molecule has 31 heavy (non-hydrogen) atoms. The lowest BCUT2D eigenvalue weighted by atomic mass is 10.0. The van der Waals surface area contributed by atoms with Gasteiger partial charge in [0.15, 0.2) is 0 Å². The molecule has 0 saturated carbocycles. The highest BCUT2D eigenvalue weighted by Gasteiger charge is 2.30. The fourth-order valence-corrected chi connectivity index (χ4v) is 3.40. The Bertz CT molecular complexity index is 567. The predicted octanol–water partition coefficient (Wildman–Crippen LogP) is 4.38. The van der Waals surface area contributed by atoms with Crippen molar-refractivity contribution in [1.82, 2.24) is 9.80 Å². The zero-order valence-corrected chi connectivity index (χ0v) is 19.5. The van der Waals surface area contributed by atoms with Crippen molar-refractivity contribution in [3.63, 3.8) is 0 Å². The van der Waals surface area contributed by atoms with Gasteiger partial charge in [0.25, 0.3) is 0 Å². The van der Waals surface area contributed by atoms with E-state index in [2.05, 4.69) is 0 Å². The second-order valence-corrected chi connectivity index (χ2v) is 9.88. The van der Waals surface area contributed by atoms with Crippen LogP contribution in [0.25, 0.3) is 0 Å². The maximum Gasteiger partial charge on any atom is 0.410 e. The van der Waals surface area contributed by atoms with Gasteiger partial charge in [0, 0.05) is 13.1 Å². The zero-order valence-electron chi connectivity index (χ0n) is 19.5. The minimum atomic E-state index is -0.498. The van der Waals surface area contributed by atoms with Gasteiger partial charge in [0.05, 0.1) is 18.7 Å². The summed E-state index contributed by atoms with van der Waals surface area (Å²) in [5, 5.41) is 9.16. The van der Waals surface area contributed by atoms with Crippen LogP contribution in [0, 0.1) is 0 Å². The highest BCUT2D eigenvalue weighted by molar-refractivity contribution is 5.74. The third-order valence-corrected chi connectivity index (χ3v) is 4.80. The molecule has 2 aliphatic rings. The largest absolute Gasteiger partial charge is 0.444 e. The first-order chi connectivity index (χ1) is 13.9. The van der Waals surface area contributed by atoms with Crippen LogP contribution < -0.4 is 0 Å². The van der Waals surface area contributed by atoms with Crippen molar-refractivity contribution >= 4 is 18.5 Å². The van der Waals surface area contributed by atoms with Gasteiger partial charge >= 0.3 is 12.2 Å². The number of aliphatic hydroxyl groups excluding tert-OH is 1. The number of amides is 2. The van der Waals surface area contributed by atoms with Gasteiger partial charge in [-0.15, -0.1) is 0 Å². The molecule has 8 nitrogen and oxygen atoms in total. The Balaban J connectivity index is 0.000000562. The van der Waals surface area contributed by atoms with Crippen molar-refractivity contribution in [2.24, 2.45) is 0 Å². The van der Waals surface area contributed by atoms with E-state index in [1.165, 1.54) is 4.90 Å². The Labute approximate surface area is 188 Å². The summed E-state index contributed by atoms with van der Waals surface area (Å²) in [6.07, 6.45) is 5.80. The number of hydrogen-bond acceptors (Lipinski definition) is 6. The molecule has 2 rings (SSSR count). The number of aldehydes is 1. The molecule has 0 aromatic heterocycles. The molecule has 8 heteroatoms. The molecule has 0 aromatic carbocycles. The second-order valence-electron chi connectivity index (χ2n) is 9.88. The fraction of sp³-hybridized carbons (Fsp3) is 0.870. The van der Waals surface area contributed by atoms with Crippen LogP contribution >= 0.6 is 0 Å². The molecular formula is C23H44N2O6. The Kier molecular flexibility index (Phi) is 12.1. The molecule has 2 atom stereocenters. The molecule has 2 unspecified atom stereocenters. The molecule has 2 saturated heterocycles. The minimum Gasteiger partial charge on any atom is -0.444 e. The van der Waals surface area contributed by atoms with Crippen molar-refractivity contribution in [3.05, 3.63) is 0 Å². The number of carbonyl (C=O) groups is 3. The van der Waals surface area contributed by atoms with Crippen LogP contribution in [0.3, 0.4) is 0 Å². The second kappa shape index (κ2) is 12.9. The van der Waals surface area contributed by atoms with Gasteiger partial charge in [-0.25, -0.2) is 9.59 Å². The normalized spacial score (nSPS) is 21.8. The number of piperidine rings is 2. The van der Waals surface area contributed by atoms with E-state index in [9.17, 15) is 14.4 Å². The summed E-state index contributed by atoms with van der Waals surface area (Å²) in [4.78, 5) is 37.5. The van der Waals surface area contributed by atoms with Gasteiger partial charge in [0.2, 0.25) is 0 Å². The van der Waals surface area contributed by atoms with E-state index in [4.69, 9.17) is 14.6 Å². The predicted molar refractivity (Wildman–Crippen MR) is 121 cm³/mol. The van der Waals surface area contributed by atoms with Crippen LogP contribution in [-0.2, 0) is 14.3 Å². The van der Waals surface area contributed by atoms with Crippen LogP contribution in [0.4, 0.5) is 9.59 Å². The molecule has 1 N–H and O–H groups in total. The van der Waals surface area contributed by atoms with E-state index in [0.717, 1.165) is 44.8 Å². The van der Waals surface area contributed by atoms with Crippen LogP contribution in [-0.4, -0.2) is 76.4 Å². The third-order valence-electron chi connectivity index (χ3n) is 4.80. The topological polar surface area (TPSA) is 96.4 Å². The van der Waals surface area contributed by atoms with E-state index in [-0.39, 0.29) is 38.3 Å². The molecule has 0 aromatic rings. The van der Waals surface area contributed by atoms with Gasteiger partial charge in [-0.3, -0.25) is 4.90 Å². The Hall–Kier alpha value is -1.83. The summed E-state index contributed by atoms with van der Waals surface area (Å²) < 4.78 is 10.5. The summed E-state index contributed by atoms with van der Waals surface area (Å²) in [5.74, 6) is 0. The first kappa shape index (κ1) is 29.2. The van der Waals surface area contributed by atoms with Crippen LogP contribution in [0.5, 0.6) is 0 Å². The Morgan fingerprint density at radius 2 is 1.32 bits per heavy atom. The Morgan fingerprint density at radius 1 is 0.871 bits per heavy atom. The SMILES string of the molecule is C.CC(C)(C)OC(=O)N1CCCCC1C=O.CC(C)(C)OC(=O)N1CCCCC1CO. The van der Waals surface area contributed by atoms with Crippen LogP contribution in [0.2, 0.25) is 0 Å². The summed E-state index contributed by atoms with van der Waals surface area (Å²) in [6.45, 7) is 12.4. The van der Waals surface area contributed by atoms with Gasteiger partial charge in [-0.1, -0.05) is 7.43 Å². The molecule has 2 fully saturated rings. The summed E-state index contributed by atoms with van der Waals surface area (Å²) in [5.41, 5.74) is -0.962. The average molecular weight is 445 g/mol. The van der Waals surface area contributed by atoms with Gasteiger partial charge in [0.1, 0.15) is 17.5 Å². The molecule has 0 spiro atoms. The zero-order chi connectivity index (χ0) is 22.9. The summed E-state index contributed by atoms with van der Waals surface area (Å²) >= 11 is 0. The van der Waals surface area contributed by atoms with Crippen molar-refractivity contribution < 1.29 is 29.0 Å². The van der Waals surface area contributed by atoms with Gasteiger partial charge < -0.3 is 24.3 Å². The molecule has 0 bridgehead atoms. The molecule has 0 aliphatic carbocycles. The van der Waals surface area contributed by atoms with Crippen LogP contribution in [0.1, 0.15) is 87.5 Å². The maximum atomic E-state index is 11.8. The molecule has 2 amide bonds. The molecule has 182 valence electrons. The number of likely N-dealkylation sites (tertiary alicyclic amines) is 2. The van der Waals surface area contributed by atoms with Crippen LogP contribution in [0.15, 0.2) is 0 Å². The summed E-state index contributed by atoms with van der Waals surface area (Å²) in [7, 11) is 0. The fourth-order valence-electron chi connectivity index (χ4n) is 3.40. The average Bonchev–Trinajstić information content (AvgIpc) is 2.65. The quantitative estimate of drug-likeness (QED) is 0.635. The number of aliphatic hydroxyl groups is 1. The number of hydrogen-bond donors (Lipinski definition) is 1. The molecule has 2 heterocycles. The smallest absolute Gasteiger partial charge is 0.410 e. The monoisotopic (exact) mass is 444 g/mol. The third kappa shape index (κ3) is 10.8. The van der Waals surface area contributed by atoms with Crippen molar-refractivity contribution in [1.29, 1.82) is 0 Å². The minimum absolute atomic E-state index is 0. The summed E-state index contributed by atoms with van der Waals surface area (Å²) in [6, 6.07) is -0.359. The highest BCUT2D eigenvalue weighted by atomic mass is 16.6. The molecule has 0 radical (unpaired) electrons. The standard InChI is InChI=1S/C11H21NO3.C11H19NO3.CH4/c2*1-11(2,3)15-10(14)12-7-5-4-6-9(12)8-13;/h9,13H,4-8H2,1-3H3;8-9H,4-7H2,1-3H3;1H4. The Morgan fingerprint density at radius 3 is 1.77 bits per heavy atom. The van der Waals surface area contributed by atoms with Crippen molar-refractivity contribution in [3.8, 4) is 0 Å². The lowest BCUT2D eigenvalue weighted by molar-refractivity contribution is -0.113. The number of nitrogens with zero attached hydrogens (tertiary/aromatic N) is 2. The van der Waals surface area contributed by atoms with Crippen molar-refractivity contribution in [2.45, 2.75) is 111 Å². The highest BCUT2D eigenvalue weighted by Crippen LogP contribution is 2.20. The van der Waals surface area contributed by atoms with Gasteiger partial charge in [-0.2, -0.15) is 0 Å². The van der Waals surface area contributed by atoms with E-state index in [1.54, 1.807) is 4.90 Å². The lowest BCUT2D eigenvalue weighted by Gasteiger charge is -2.35. The first-order valence-corrected chi connectivity index (χ1v) is 10.9. The van der Waals surface area contributed by atoms with E-state index in [0.29, 0.717) is 13.1 Å². The van der Waals surface area contributed by atoms with E-state index >= 15 is 0 Å². The molecular weight excluding hydrogens is 400 g/mol. The lowest BCUT2D eigenvalue weighted by Crippen LogP contribution is -2.47. The molecule has 2 aliphatic heterocycles. The number of ether oxygens (including phenoxy) is 2.